The second-order valence-corrected chi connectivity index (χ2v) is 8.74. The van der Waals surface area contributed by atoms with Crippen molar-refractivity contribution in [2.45, 2.75) is 10.3 Å². The molecule has 0 saturated carbocycles. The molecular weight excluding hydrogens is 439 g/mol. The van der Waals surface area contributed by atoms with Gasteiger partial charge < -0.3 is 0 Å². The second kappa shape index (κ2) is 6.97. The minimum absolute atomic E-state index is 0.510. The molecule has 1 aliphatic rings. The minimum atomic E-state index is 0.510. The van der Waals surface area contributed by atoms with Crippen molar-refractivity contribution in [2.24, 2.45) is 0 Å². The maximum atomic E-state index is 2.56. The van der Waals surface area contributed by atoms with Gasteiger partial charge in [-0.1, -0.05) is 108 Å². The first kappa shape index (κ1) is 16.8. The maximum Gasteiger partial charge on any atom is 0.0338 e. The van der Waals surface area contributed by atoms with Gasteiger partial charge in [0.2, 0.25) is 0 Å². The Kier molecular flexibility index (Phi) is 4.33. The van der Waals surface area contributed by atoms with Crippen LogP contribution in [0.15, 0.2) is 97.1 Å². The van der Waals surface area contributed by atoms with Gasteiger partial charge in [0, 0.05) is 3.92 Å². The molecule has 0 N–H and O–H groups in total. The summed E-state index contributed by atoms with van der Waals surface area (Å²) >= 11 is 2.56. The van der Waals surface area contributed by atoms with E-state index in [1.54, 1.807) is 0 Å². The molecule has 1 heteroatoms. The molecule has 4 aromatic rings. The van der Waals surface area contributed by atoms with Crippen LogP contribution in [-0.2, 0) is 0 Å². The molecule has 0 amide bonds. The average Bonchev–Trinajstić information content (AvgIpc) is 2.72. The quantitative estimate of drug-likeness (QED) is 0.214. The average molecular weight is 458 g/mol. The highest BCUT2D eigenvalue weighted by Gasteiger charge is 2.16. The molecule has 0 spiro atoms. The Bertz CT molecular complexity index is 1210. The molecule has 0 aromatic heterocycles. The van der Waals surface area contributed by atoms with Crippen LogP contribution in [0.2, 0.25) is 0 Å². The fraction of sp³-hybridized carbons (Fsp3) is 0.0769. The zero-order chi connectivity index (χ0) is 18.2. The second-order valence-electron chi connectivity index (χ2n) is 7.14. The Morgan fingerprint density at radius 2 is 1.19 bits per heavy atom. The molecule has 0 aliphatic heterocycles. The van der Waals surface area contributed by atoms with Crippen LogP contribution >= 0.6 is 22.6 Å². The lowest BCUT2D eigenvalue weighted by Gasteiger charge is -2.19. The van der Waals surface area contributed by atoms with Crippen molar-refractivity contribution >= 4 is 55.3 Å². The summed E-state index contributed by atoms with van der Waals surface area (Å²) in [6.07, 6.45) is 5.86. The monoisotopic (exact) mass is 458 g/mol. The summed E-state index contributed by atoms with van der Waals surface area (Å²) in [6, 6.07) is 30.8. The third-order valence-corrected chi connectivity index (χ3v) is 6.11. The predicted molar refractivity (Wildman–Crippen MR) is 126 cm³/mol. The van der Waals surface area contributed by atoms with Crippen molar-refractivity contribution in [3.63, 3.8) is 0 Å². The lowest BCUT2D eigenvalue weighted by atomic mass is 9.89. The van der Waals surface area contributed by atoms with Crippen molar-refractivity contribution in [2.75, 3.05) is 0 Å². The number of hydrogen-bond acceptors (Lipinski definition) is 0. The molecule has 27 heavy (non-hydrogen) atoms. The number of benzene rings is 4. The molecule has 0 heterocycles. The summed E-state index contributed by atoms with van der Waals surface area (Å²) in [7, 11) is 0. The molecule has 0 saturated heterocycles. The molecule has 0 bridgehead atoms. The molecule has 1 aliphatic carbocycles. The first-order valence-corrected chi connectivity index (χ1v) is 10.6. The summed E-state index contributed by atoms with van der Waals surface area (Å²) in [5.41, 5.74) is 5.38. The maximum absolute atomic E-state index is 2.56. The van der Waals surface area contributed by atoms with Gasteiger partial charge in [-0.25, -0.2) is 0 Å². The van der Waals surface area contributed by atoms with Crippen molar-refractivity contribution in [3.8, 4) is 0 Å². The highest BCUT2D eigenvalue weighted by Crippen LogP contribution is 2.36. The van der Waals surface area contributed by atoms with E-state index in [1.807, 2.05) is 0 Å². The van der Waals surface area contributed by atoms with Gasteiger partial charge in [-0.05, 0) is 62.4 Å². The topological polar surface area (TPSA) is 0 Å². The Morgan fingerprint density at radius 1 is 0.630 bits per heavy atom. The van der Waals surface area contributed by atoms with Crippen LogP contribution in [0.5, 0.6) is 0 Å². The third-order valence-electron chi connectivity index (χ3n) is 5.31. The summed E-state index contributed by atoms with van der Waals surface area (Å²) in [4.78, 5) is 0. The Labute approximate surface area is 173 Å². The van der Waals surface area contributed by atoms with Crippen LogP contribution < -0.4 is 0 Å². The van der Waals surface area contributed by atoms with Crippen LogP contribution in [-0.4, -0.2) is 3.92 Å². The number of fused-ring (bicyclic) bond motifs is 2. The number of allylic oxidation sites excluding steroid dienone is 4. The summed E-state index contributed by atoms with van der Waals surface area (Å²) < 4.78 is 0.510. The van der Waals surface area contributed by atoms with Crippen LogP contribution in [0.25, 0.3) is 32.7 Å². The van der Waals surface area contributed by atoms with Gasteiger partial charge in [0.25, 0.3) is 0 Å². The highest BCUT2D eigenvalue weighted by molar-refractivity contribution is 14.1. The van der Waals surface area contributed by atoms with Crippen LogP contribution in [0.4, 0.5) is 0 Å². The van der Waals surface area contributed by atoms with Crippen molar-refractivity contribution < 1.29 is 0 Å². The van der Waals surface area contributed by atoms with E-state index >= 15 is 0 Å². The van der Waals surface area contributed by atoms with Crippen LogP contribution in [0.1, 0.15) is 17.5 Å². The zero-order valence-electron chi connectivity index (χ0n) is 14.9. The SMILES string of the molecule is I[C@H]1C=C(c2ccc3ccccc3c2)C=C(c2ccc3ccccc3c2)C1. The predicted octanol–water partition coefficient (Wildman–Crippen LogP) is 7.67. The van der Waals surface area contributed by atoms with E-state index in [9.17, 15) is 0 Å². The van der Waals surface area contributed by atoms with E-state index in [0.29, 0.717) is 3.92 Å². The largest absolute Gasteiger partial charge is 0.0777 e. The molecule has 4 aromatic carbocycles. The highest BCUT2D eigenvalue weighted by atomic mass is 127. The van der Waals surface area contributed by atoms with Gasteiger partial charge >= 0.3 is 0 Å². The Balaban J connectivity index is 1.58. The van der Waals surface area contributed by atoms with E-state index < -0.39 is 0 Å². The normalized spacial score (nSPS) is 17.0. The first-order valence-electron chi connectivity index (χ1n) is 9.31. The molecule has 0 fully saturated rings. The van der Waals surface area contributed by atoms with E-state index in [0.717, 1.165) is 6.42 Å². The van der Waals surface area contributed by atoms with E-state index in [4.69, 9.17) is 0 Å². The number of halogens is 1. The van der Waals surface area contributed by atoms with Gasteiger partial charge in [0.05, 0.1) is 0 Å². The Morgan fingerprint density at radius 3 is 1.85 bits per heavy atom. The smallest absolute Gasteiger partial charge is 0.0338 e. The Hall–Kier alpha value is -2.39. The zero-order valence-corrected chi connectivity index (χ0v) is 17.1. The molecule has 5 rings (SSSR count). The molecule has 0 unspecified atom stereocenters. The van der Waals surface area contributed by atoms with Gasteiger partial charge in [-0.3, -0.25) is 0 Å². The van der Waals surface area contributed by atoms with E-state index in [2.05, 4.69) is 120 Å². The standard InChI is InChI=1S/C26H19I/c27-26-16-24(22-11-9-18-5-1-3-7-20(18)13-22)15-25(17-26)23-12-10-19-6-2-4-8-21(19)14-23/h1-16,26H,17H2/t26-/m0/s1. The van der Waals surface area contributed by atoms with Gasteiger partial charge in [0.15, 0.2) is 0 Å². The summed E-state index contributed by atoms with van der Waals surface area (Å²) in [5, 5.41) is 5.20. The molecule has 1 atom stereocenters. The molecule has 0 radical (unpaired) electrons. The van der Waals surface area contributed by atoms with Crippen molar-refractivity contribution in [1.82, 2.24) is 0 Å². The summed E-state index contributed by atoms with van der Waals surface area (Å²) in [5.74, 6) is 0. The summed E-state index contributed by atoms with van der Waals surface area (Å²) in [6.45, 7) is 0. The number of hydrogen-bond donors (Lipinski definition) is 0. The number of rotatable bonds is 2. The molecule has 130 valence electrons. The number of alkyl halides is 1. The van der Waals surface area contributed by atoms with Crippen molar-refractivity contribution in [1.29, 1.82) is 0 Å². The molecular formula is C26H19I. The minimum Gasteiger partial charge on any atom is -0.0777 e. The van der Waals surface area contributed by atoms with Crippen molar-refractivity contribution in [3.05, 3.63) is 108 Å². The molecule has 0 nitrogen and oxygen atoms in total. The third kappa shape index (κ3) is 3.32. The van der Waals surface area contributed by atoms with Crippen LogP contribution in [0, 0.1) is 0 Å². The van der Waals surface area contributed by atoms with E-state index in [-0.39, 0.29) is 0 Å². The fourth-order valence-corrected chi connectivity index (χ4v) is 4.76. The van der Waals surface area contributed by atoms with E-state index in [1.165, 1.54) is 43.8 Å². The fourth-order valence-electron chi connectivity index (χ4n) is 3.90. The lowest BCUT2D eigenvalue weighted by Crippen LogP contribution is -2.03. The van der Waals surface area contributed by atoms with Crippen LogP contribution in [0.3, 0.4) is 0 Å². The lowest BCUT2D eigenvalue weighted by molar-refractivity contribution is 1.12. The van der Waals surface area contributed by atoms with Gasteiger partial charge in [-0.2, -0.15) is 0 Å². The van der Waals surface area contributed by atoms with Gasteiger partial charge in [-0.15, -0.1) is 0 Å². The van der Waals surface area contributed by atoms with Gasteiger partial charge in [0.1, 0.15) is 0 Å². The first-order chi connectivity index (χ1) is 13.3.